The van der Waals surface area contributed by atoms with Crippen molar-refractivity contribution in [3.05, 3.63) is 82.1 Å². The number of halogens is 1. The first-order valence-electron chi connectivity index (χ1n) is 9.11. The molecule has 7 heteroatoms. The first-order chi connectivity index (χ1) is 13.8. The lowest BCUT2D eigenvalue weighted by Crippen LogP contribution is -2.49. The number of aromatic nitrogens is 1. The SMILES string of the molecule is CC(C)(C)NC(=O)C(c1cccnc1)N(C(=O)c1ccco1)c1ccc(I)cc1. The third kappa shape index (κ3) is 5.23. The molecule has 0 aliphatic carbocycles. The summed E-state index contributed by atoms with van der Waals surface area (Å²) in [7, 11) is 0. The fourth-order valence-corrected chi connectivity index (χ4v) is 3.26. The maximum atomic E-state index is 13.4. The highest BCUT2D eigenvalue weighted by molar-refractivity contribution is 14.1. The van der Waals surface area contributed by atoms with Gasteiger partial charge in [-0.25, -0.2) is 0 Å². The molecular formula is C22H22IN3O3. The summed E-state index contributed by atoms with van der Waals surface area (Å²) in [6, 6.07) is 13.3. The van der Waals surface area contributed by atoms with Crippen LogP contribution >= 0.6 is 22.6 Å². The number of amides is 2. The molecule has 1 atom stereocenters. The molecule has 1 aromatic carbocycles. The molecule has 6 nitrogen and oxygen atoms in total. The minimum Gasteiger partial charge on any atom is -0.459 e. The Hall–Kier alpha value is -2.68. The van der Waals surface area contributed by atoms with Gasteiger partial charge in [0.05, 0.1) is 6.26 Å². The zero-order chi connectivity index (χ0) is 21.0. The zero-order valence-corrected chi connectivity index (χ0v) is 18.6. The number of nitrogens with one attached hydrogen (secondary N) is 1. The number of anilines is 1. The van der Waals surface area contributed by atoms with Crippen LogP contribution in [0.4, 0.5) is 5.69 Å². The predicted octanol–water partition coefficient (Wildman–Crippen LogP) is 4.58. The maximum Gasteiger partial charge on any atom is 0.294 e. The standard InChI is InChI=1S/C22H22IN3O3/c1-22(2,3)25-20(27)19(15-6-4-12-24-14-15)26(17-10-8-16(23)9-11-17)21(28)18-7-5-13-29-18/h4-14,19H,1-3H3,(H,25,27). The third-order valence-electron chi connectivity index (χ3n) is 4.06. The molecule has 2 amide bonds. The van der Waals surface area contributed by atoms with E-state index in [0.717, 1.165) is 3.57 Å². The van der Waals surface area contributed by atoms with Gasteiger partial charge >= 0.3 is 0 Å². The van der Waals surface area contributed by atoms with Crippen LogP contribution in [0.3, 0.4) is 0 Å². The molecule has 0 aliphatic rings. The van der Waals surface area contributed by atoms with Crippen LogP contribution < -0.4 is 10.2 Å². The van der Waals surface area contributed by atoms with Crippen LogP contribution in [-0.2, 0) is 4.79 Å². The average molecular weight is 503 g/mol. The summed E-state index contributed by atoms with van der Waals surface area (Å²) < 4.78 is 6.37. The maximum absolute atomic E-state index is 13.4. The normalized spacial score (nSPS) is 12.3. The van der Waals surface area contributed by atoms with Crippen molar-refractivity contribution in [1.82, 2.24) is 10.3 Å². The quantitative estimate of drug-likeness (QED) is 0.518. The summed E-state index contributed by atoms with van der Waals surface area (Å²) in [5.41, 5.74) is 0.723. The summed E-state index contributed by atoms with van der Waals surface area (Å²) in [6.07, 6.45) is 4.67. The van der Waals surface area contributed by atoms with Crippen molar-refractivity contribution < 1.29 is 14.0 Å². The number of pyridine rings is 1. The van der Waals surface area contributed by atoms with Gasteiger partial charge in [0.1, 0.15) is 6.04 Å². The van der Waals surface area contributed by atoms with Gasteiger partial charge < -0.3 is 9.73 Å². The summed E-state index contributed by atoms with van der Waals surface area (Å²) in [4.78, 5) is 32.4. The van der Waals surface area contributed by atoms with Gasteiger partial charge in [-0.3, -0.25) is 19.5 Å². The van der Waals surface area contributed by atoms with E-state index in [1.807, 2.05) is 45.0 Å². The Morgan fingerprint density at radius 1 is 1.10 bits per heavy atom. The Morgan fingerprint density at radius 3 is 2.38 bits per heavy atom. The molecule has 3 aromatic rings. The summed E-state index contributed by atoms with van der Waals surface area (Å²) in [5, 5.41) is 2.99. The lowest BCUT2D eigenvalue weighted by molar-refractivity contribution is -0.123. The molecule has 0 spiro atoms. The van der Waals surface area contributed by atoms with Gasteiger partial charge in [0.25, 0.3) is 5.91 Å². The third-order valence-corrected chi connectivity index (χ3v) is 4.78. The van der Waals surface area contributed by atoms with Crippen LogP contribution in [0.2, 0.25) is 0 Å². The number of benzene rings is 1. The van der Waals surface area contributed by atoms with E-state index in [9.17, 15) is 9.59 Å². The van der Waals surface area contributed by atoms with Crippen molar-refractivity contribution in [3.8, 4) is 0 Å². The van der Waals surface area contributed by atoms with E-state index in [4.69, 9.17) is 4.42 Å². The van der Waals surface area contributed by atoms with E-state index in [-0.39, 0.29) is 11.7 Å². The van der Waals surface area contributed by atoms with E-state index < -0.39 is 17.5 Å². The van der Waals surface area contributed by atoms with Gasteiger partial charge in [-0.2, -0.15) is 0 Å². The van der Waals surface area contributed by atoms with E-state index in [1.165, 1.54) is 11.2 Å². The highest BCUT2D eigenvalue weighted by atomic mass is 127. The number of hydrogen-bond acceptors (Lipinski definition) is 4. The Morgan fingerprint density at radius 2 is 1.83 bits per heavy atom. The summed E-state index contributed by atoms with van der Waals surface area (Å²) >= 11 is 2.20. The van der Waals surface area contributed by atoms with Crippen molar-refractivity contribution in [2.24, 2.45) is 0 Å². The van der Waals surface area contributed by atoms with Crippen molar-refractivity contribution in [3.63, 3.8) is 0 Å². The van der Waals surface area contributed by atoms with E-state index in [0.29, 0.717) is 11.3 Å². The van der Waals surface area contributed by atoms with Crippen molar-refractivity contribution in [2.45, 2.75) is 32.4 Å². The number of nitrogens with zero attached hydrogens (tertiary/aromatic N) is 2. The molecule has 2 heterocycles. The summed E-state index contributed by atoms with van der Waals surface area (Å²) in [6.45, 7) is 5.69. The first-order valence-corrected chi connectivity index (χ1v) is 10.2. The molecule has 0 fully saturated rings. The molecule has 0 bridgehead atoms. The Labute approximate surface area is 183 Å². The minimum atomic E-state index is -0.916. The molecule has 0 aliphatic heterocycles. The average Bonchev–Trinajstić information content (AvgIpc) is 3.20. The van der Waals surface area contributed by atoms with E-state index >= 15 is 0 Å². The lowest BCUT2D eigenvalue weighted by Gasteiger charge is -2.33. The number of carbonyl (C=O) groups excluding carboxylic acids is 2. The molecule has 150 valence electrons. The molecular weight excluding hydrogens is 481 g/mol. The minimum absolute atomic E-state index is 0.154. The Balaban J connectivity index is 2.15. The van der Waals surface area contributed by atoms with Crippen LogP contribution in [0.15, 0.2) is 71.6 Å². The number of rotatable bonds is 5. The largest absolute Gasteiger partial charge is 0.459 e. The van der Waals surface area contributed by atoms with Gasteiger partial charge in [0.15, 0.2) is 5.76 Å². The monoisotopic (exact) mass is 503 g/mol. The molecule has 0 saturated carbocycles. The molecule has 0 saturated heterocycles. The van der Waals surface area contributed by atoms with Gasteiger partial charge in [-0.05, 0) is 85.8 Å². The van der Waals surface area contributed by atoms with Crippen LogP contribution in [0.25, 0.3) is 0 Å². The van der Waals surface area contributed by atoms with Crippen LogP contribution in [0, 0.1) is 3.57 Å². The smallest absolute Gasteiger partial charge is 0.294 e. The predicted molar refractivity (Wildman–Crippen MR) is 120 cm³/mol. The van der Waals surface area contributed by atoms with Crippen molar-refractivity contribution in [1.29, 1.82) is 0 Å². The molecule has 1 N–H and O–H groups in total. The van der Waals surface area contributed by atoms with Gasteiger partial charge in [0.2, 0.25) is 5.91 Å². The fourth-order valence-electron chi connectivity index (χ4n) is 2.90. The summed E-state index contributed by atoms with van der Waals surface area (Å²) in [5.74, 6) is -0.556. The molecule has 0 radical (unpaired) electrons. The lowest BCUT2D eigenvalue weighted by atomic mass is 10.0. The van der Waals surface area contributed by atoms with Crippen molar-refractivity contribution >= 4 is 40.1 Å². The Bertz CT molecular complexity index is 965. The fraction of sp³-hybridized carbons (Fsp3) is 0.227. The second kappa shape index (κ2) is 8.77. The molecule has 2 aromatic heterocycles. The van der Waals surface area contributed by atoms with Crippen LogP contribution in [-0.4, -0.2) is 22.3 Å². The topological polar surface area (TPSA) is 75.4 Å². The second-order valence-corrected chi connectivity index (χ2v) is 8.80. The van der Waals surface area contributed by atoms with Crippen molar-refractivity contribution in [2.75, 3.05) is 4.90 Å². The second-order valence-electron chi connectivity index (χ2n) is 7.56. The highest BCUT2D eigenvalue weighted by Gasteiger charge is 2.36. The zero-order valence-electron chi connectivity index (χ0n) is 16.4. The van der Waals surface area contributed by atoms with Gasteiger partial charge in [0, 0.05) is 32.8 Å². The van der Waals surface area contributed by atoms with Crippen LogP contribution in [0.1, 0.15) is 42.9 Å². The van der Waals surface area contributed by atoms with E-state index in [2.05, 4.69) is 32.9 Å². The van der Waals surface area contributed by atoms with E-state index in [1.54, 1.807) is 36.7 Å². The van der Waals surface area contributed by atoms with Gasteiger partial charge in [-0.15, -0.1) is 0 Å². The first kappa shape index (κ1) is 21.0. The number of furan rings is 1. The molecule has 1 unspecified atom stereocenters. The van der Waals surface area contributed by atoms with Crippen LogP contribution in [0.5, 0.6) is 0 Å². The molecule has 3 rings (SSSR count). The molecule has 29 heavy (non-hydrogen) atoms. The highest BCUT2D eigenvalue weighted by Crippen LogP contribution is 2.30. The number of hydrogen-bond donors (Lipinski definition) is 1. The van der Waals surface area contributed by atoms with Gasteiger partial charge in [-0.1, -0.05) is 6.07 Å². The number of carbonyl (C=O) groups is 2. The Kier molecular flexibility index (Phi) is 6.36.